The van der Waals surface area contributed by atoms with E-state index in [9.17, 15) is 48.3 Å². The molecular formula is C117H148BrN3O18. The first kappa shape index (κ1) is 117. The van der Waals surface area contributed by atoms with Crippen LogP contribution in [0.3, 0.4) is 0 Å². The summed E-state index contributed by atoms with van der Waals surface area (Å²) in [6.07, 6.45) is 0.767. The zero-order chi connectivity index (χ0) is 104. The lowest BCUT2D eigenvalue weighted by Gasteiger charge is -2.29. The van der Waals surface area contributed by atoms with E-state index in [1.54, 1.807) is 38.1 Å². The minimum Gasteiger partial charge on any atom is -0.481 e. The second-order valence-corrected chi connectivity index (χ2v) is 42.2. The summed E-state index contributed by atoms with van der Waals surface area (Å²) in [7, 11) is 0. The third kappa shape index (κ3) is 43.8. The van der Waals surface area contributed by atoms with Gasteiger partial charge in [-0.25, -0.2) is 14.4 Å². The number of hydrogen-bond donors (Lipinski definition) is 4. The van der Waals surface area contributed by atoms with Gasteiger partial charge in [0, 0.05) is 28.9 Å². The van der Waals surface area contributed by atoms with Gasteiger partial charge in [0.2, 0.25) is 0 Å². The number of alkyl halides is 1. The topological polar surface area (TPSA) is 295 Å². The highest BCUT2D eigenvalue weighted by Crippen LogP contribution is 2.33. The number of halogens is 1. The Balaban J connectivity index is 0.000000305. The Kier molecular flexibility index (Phi) is 44.8. The Morgan fingerprint density at radius 2 is 0.590 bits per heavy atom. The molecule has 139 heavy (non-hydrogen) atoms. The summed E-state index contributed by atoms with van der Waals surface area (Å²) in [5, 5.41) is 24.0. The predicted molar refractivity (Wildman–Crippen MR) is 557 cm³/mol. The van der Waals surface area contributed by atoms with E-state index in [0.29, 0.717) is 18.4 Å². The normalized spacial score (nSPS) is 12.2. The van der Waals surface area contributed by atoms with E-state index in [2.05, 4.69) is 69.9 Å². The van der Waals surface area contributed by atoms with Gasteiger partial charge in [-0.05, 0) is 267 Å². The second-order valence-electron chi connectivity index (χ2n) is 41.6. The fourth-order valence-electron chi connectivity index (χ4n) is 13.2. The van der Waals surface area contributed by atoms with Crippen LogP contribution >= 0.6 is 15.9 Å². The van der Waals surface area contributed by atoms with Gasteiger partial charge in [0.15, 0.2) is 0 Å². The van der Waals surface area contributed by atoms with Gasteiger partial charge in [-0.3, -0.25) is 33.8 Å². The SMILES string of the molecule is CC(C)(C)OC(=O)C(C)(C)c1ccc(CBr)cc1.CC(C)(C)OC(=O)C(C)(C)c1ccc(CC(NC(=O)OCc2ccccc2)C(=O)O)cc1.CC(Cc1ccc(C(C)(C)C(=O)OC(C)(C)C)cc1)N=C(c1ccccc1)c1ccccc1.CC(Cc1ccc(C(C)(C)C(=O)OC(C)(C)C)cc1)NC(=O)OCc1ccccc1.Cc1ccc(CC(=O)O)cc1.Cc1ccc(CC(=O)OC(C)(C)C)cc1. The summed E-state index contributed by atoms with van der Waals surface area (Å²) in [6, 6.07) is 84.8. The zero-order valence-corrected chi connectivity index (χ0v) is 88.1. The third-order valence-corrected chi connectivity index (χ3v) is 21.8. The molecule has 0 aliphatic heterocycles. The lowest BCUT2D eigenvalue weighted by Crippen LogP contribution is -2.42. The van der Waals surface area contributed by atoms with Crippen molar-refractivity contribution in [3.8, 4) is 0 Å². The van der Waals surface area contributed by atoms with Crippen LogP contribution < -0.4 is 10.6 Å². The van der Waals surface area contributed by atoms with Crippen molar-refractivity contribution >= 4 is 75.6 Å². The molecule has 0 saturated heterocycles. The Hall–Kier alpha value is -12.8. The highest BCUT2D eigenvalue weighted by molar-refractivity contribution is 9.08. The molecule has 10 aromatic rings. The van der Waals surface area contributed by atoms with Gasteiger partial charge in [-0.15, -0.1) is 0 Å². The minimum absolute atomic E-state index is 0.0491. The Morgan fingerprint density at radius 3 is 0.885 bits per heavy atom. The van der Waals surface area contributed by atoms with E-state index < -0.39 is 79.8 Å². The number of rotatable bonds is 29. The molecule has 746 valence electrons. The van der Waals surface area contributed by atoms with Crippen molar-refractivity contribution < 1.29 is 86.5 Å². The van der Waals surface area contributed by atoms with Gasteiger partial charge in [0.25, 0.3) is 0 Å². The number of carbonyl (C=O) groups is 9. The van der Waals surface area contributed by atoms with Crippen LogP contribution in [0.25, 0.3) is 0 Å². The highest BCUT2D eigenvalue weighted by Gasteiger charge is 2.39. The molecule has 0 saturated carbocycles. The molecule has 10 rings (SSSR count). The number of esters is 5. The van der Waals surface area contributed by atoms with Crippen molar-refractivity contribution in [1.82, 2.24) is 10.6 Å². The van der Waals surface area contributed by atoms with E-state index >= 15 is 0 Å². The van der Waals surface area contributed by atoms with Crippen LogP contribution in [0.2, 0.25) is 0 Å². The van der Waals surface area contributed by atoms with E-state index in [-0.39, 0.29) is 68.0 Å². The van der Waals surface area contributed by atoms with E-state index in [4.69, 9.17) is 43.3 Å². The molecule has 0 fully saturated rings. The van der Waals surface area contributed by atoms with Crippen LogP contribution in [0.15, 0.2) is 272 Å². The Morgan fingerprint density at radius 1 is 0.317 bits per heavy atom. The molecule has 2 amide bonds. The summed E-state index contributed by atoms with van der Waals surface area (Å²) in [6.45, 7) is 51.3. The molecule has 3 unspecified atom stereocenters. The van der Waals surface area contributed by atoms with Crippen molar-refractivity contribution in [2.24, 2.45) is 4.99 Å². The first-order chi connectivity index (χ1) is 64.6. The number of carboxylic acid groups (broad SMARTS) is 2. The van der Waals surface area contributed by atoms with Gasteiger partial charge in [0.05, 0.1) is 46.3 Å². The number of hydrogen-bond acceptors (Lipinski definition) is 17. The maximum absolute atomic E-state index is 12.7. The predicted octanol–water partition coefficient (Wildman–Crippen LogP) is 24.9. The lowest BCUT2D eigenvalue weighted by molar-refractivity contribution is -0.161. The van der Waals surface area contributed by atoms with Crippen LogP contribution in [0.5, 0.6) is 0 Å². The number of aliphatic imine (C=N–C) groups is 1. The van der Waals surface area contributed by atoms with E-state index in [1.807, 2.05) is 372 Å². The van der Waals surface area contributed by atoms with Gasteiger partial charge in [-0.2, -0.15) is 0 Å². The molecule has 0 spiro atoms. The lowest BCUT2D eigenvalue weighted by atomic mass is 9.84. The number of ether oxygens (including phenoxy) is 7. The van der Waals surface area contributed by atoms with Crippen molar-refractivity contribution in [2.75, 3.05) is 0 Å². The molecule has 0 aromatic heterocycles. The fraction of sp³-hybridized carbons (Fsp3) is 0.402. The first-order valence-electron chi connectivity index (χ1n) is 46.9. The summed E-state index contributed by atoms with van der Waals surface area (Å²) in [5.41, 5.74) is 11.5. The van der Waals surface area contributed by atoms with E-state index in [1.165, 1.54) is 16.7 Å². The summed E-state index contributed by atoms with van der Waals surface area (Å²) >= 11 is 3.41. The first-order valence-corrected chi connectivity index (χ1v) is 48.0. The summed E-state index contributed by atoms with van der Waals surface area (Å²) in [5.74, 6) is -3.12. The monoisotopic (exact) mass is 1960 g/mol. The third-order valence-electron chi connectivity index (χ3n) is 21.2. The molecule has 10 aromatic carbocycles. The number of alkyl carbamates (subject to hydrolysis) is 2. The summed E-state index contributed by atoms with van der Waals surface area (Å²) < 4.78 is 37.8. The number of benzene rings is 10. The molecule has 0 aliphatic rings. The van der Waals surface area contributed by atoms with Gasteiger partial charge in [0.1, 0.15) is 47.3 Å². The Bertz CT molecular complexity index is 5510. The molecule has 0 heterocycles. The van der Waals surface area contributed by atoms with Gasteiger partial charge in [-0.1, -0.05) is 294 Å². The number of aliphatic carboxylic acids is 2. The largest absolute Gasteiger partial charge is 0.481 e. The zero-order valence-electron chi connectivity index (χ0n) is 86.5. The van der Waals surface area contributed by atoms with Gasteiger partial charge >= 0.3 is 54.0 Å². The van der Waals surface area contributed by atoms with Crippen LogP contribution in [0.1, 0.15) is 262 Å². The molecule has 0 bridgehead atoms. The number of nitrogens with one attached hydrogen (secondary N) is 2. The van der Waals surface area contributed by atoms with Crippen LogP contribution in [-0.2, 0) is 139 Å². The molecular weight excluding hydrogens is 1820 g/mol. The fourth-order valence-corrected chi connectivity index (χ4v) is 13.6. The molecule has 3 atom stereocenters. The molecule has 0 aliphatic carbocycles. The molecule has 21 nitrogen and oxygen atoms in total. The smallest absolute Gasteiger partial charge is 0.408 e. The van der Waals surface area contributed by atoms with Crippen molar-refractivity contribution in [1.29, 1.82) is 0 Å². The highest BCUT2D eigenvalue weighted by atomic mass is 79.9. The average molecular weight is 1960 g/mol. The maximum atomic E-state index is 12.7. The van der Waals surface area contributed by atoms with Crippen LogP contribution in [0, 0.1) is 13.8 Å². The van der Waals surface area contributed by atoms with E-state index in [0.717, 1.165) is 84.2 Å². The standard InChI is InChI=1S/C30H35NO2.C25H31NO6.C25H33NO4.C15H21BrO2.C13H18O2.C9H10O2/c1-22(31-27(24-13-9-7-10-14-24)25-15-11-8-12-16-25)21-23-17-19-26(20-18-23)30(5,6)28(32)33-29(2,3)4;1-24(2,3)32-22(29)25(4,5)19-13-11-17(12-14-19)15-20(21(27)28)26-23(30)31-16-18-9-7-6-8-10-18;1-18(26-23(28)29-17-20-10-8-7-9-11-20)16-19-12-14-21(15-13-19)25(5,6)22(27)30-24(2,3)4;1-14(2,3)18-13(17)15(4,5)12-8-6-11(10-16)7-9-12;1-10-5-7-11(8-6-10)9-12(14)15-13(2,3)4;1-7-2-4-8(5-3-7)6-9(10)11/h7-20,22H,21H2,1-6H3;6-14,20H,15-16H2,1-5H3,(H,26,30)(H,27,28);7-15,18H,16-17H2,1-6H3,(H,26,28);6-9H,10H2,1-5H3;5-8H,9H2,1-4H3;2-5H,6H2,1H3,(H,10,11). The average Bonchev–Trinajstić information content (AvgIpc) is 0.811. The quantitative estimate of drug-likeness (QED) is 0.0147. The number of amides is 2. The second kappa shape index (κ2) is 53.4. The maximum Gasteiger partial charge on any atom is 0.408 e. The van der Waals surface area contributed by atoms with Gasteiger partial charge < -0.3 is 54.0 Å². The minimum atomic E-state index is -1.17. The van der Waals surface area contributed by atoms with Crippen molar-refractivity contribution in [3.63, 3.8) is 0 Å². The number of carboxylic acids is 2. The summed E-state index contributed by atoms with van der Waals surface area (Å²) in [4.78, 5) is 113. The van der Waals surface area contributed by atoms with Crippen LogP contribution in [0.4, 0.5) is 9.59 Å². The number of aryl methyl sites for hydroxylation is 2. The molecule has 4 N–H and O–H groups in total. The molecule has 0 radical (unpaired) electrons. The van der Waals surface area contributed by atoms with Crippen molar-refractivity contribution in [2.45, 2.75) is 305 Å². The number of nitrogens with zero attached hydrogens (tertiary/aromatic N) is 1. The van der Waals surface area contributed by atoms with Crippen LogP contribution in [-0.4, -0.2) is 116 Å². The number of carbonyl (C=O) groups excluding carboxylic acids is 7. The Labute approximate surface area is 833 Å². The molecule has 22 heteroatoms. The van der Waals surface area contributed by atoms with Crippen molar-refractivity contribution in [3.05, 3.63) is 356 Å².